The summed E-state index contributed by atoms with van der Waals surface area (Å²) in [6.45, 7) is 0. The van der Waals surface area contributed by atoms with Crippen LogP contribution in [0.25, 0.3) is 0 Å². The Hall–Kier alpha value is -2.58. The quantitative estimate of drug-likeness (QED) is 0.453. The number of para-hydroxylation sites is 1. The van der Waals surface area contributed by atoms with E-state index in [1.165, 1.54) is 13.3 Å². The van der Waals surface area contributed by atoms with E-state index in [1.54, 1.807) is 43.5 Å². The molecule has 0 spiro atoms. The Morgan fingerprint density at radius 1 is 1.11 bits per heavy atom. The Morgan fingerprint density at radius 3 is 2.46 bits per heavy atom. The van der Waals surface area contributed by atoms with Gasteiger partial charge in [-0.15, -0.1) is 0 Å². The highest BCUT2D eigenvalue weighted by Gasteiger charge is 2.10. The first-order valence-electron chi connectivity index (χ1n) is 8.22. The molecular formula is C19H19BrClN3O4. The molecule has 2 aromatic rings. The lowest BCUT2D eigenvalue weighted by molar-refractivity contribution is -0.124. The first kappa shape index (κ1) is 21.7. The van der Waals surface area contributed by atoms with Crippen molar-refractivity contribution in [1.82, 2.24) is 5.43 Å². The molecule has 0 fully saturated rings. The number of hydrazone groups is 1. The van der Waals surface area contributed by atoms with Gasteiger partial charge in [0.2, 0.25) is 11.8 Å². The van der Waals surface area contributed by atoms with Crippen LogP contribution in [0, 0.1) is 0 Å². The highest BCUT2D eigenvalue weighted by molar-refractivity contribution is 9.10. The third kappa shape index (κ3) is 6.24. The monoisotopic (exact) mass is 467 g/mol. The fraction of sp³-hybridized carbons (Fsp3) is 0.211. The van der Waals surface area contributed by atoms with Gasteiger partial charge in [0.25, 0.3) is 0 Å². The SMILES string of the molecule is COc1cc(OC)c(C=NNC(=O)CCC(=O)Nc2ccccc2Cl)cc1Br. The van der Waals surface area contributed by atoms with Crippen molar-refractivity contribution >= 4 is 51.2 Å². The zero-order chi connectivity index (χ0) is 20.5. The van der Waals surface area contributed by atoms with E-state index in [1.807, 2.05) is 0 Å². The molecule has 0 aliphatic rings. The maximum Gasteiger partial charge on any atom is 0.240 e. The van der Waals surface area contributed by atoms with Gasteiger partial charge in [0, 0.05) is 24.5 Å². The number of ether oxygens (including phenoxy) is 2. The summed E-state index contributed by atoms with van der Waals surface area (Å²) in [4.78, 5) is 23.8. The van der Waals surface area contributed by atoms with Crippen LogP contribution in [0.15, 0.2) is 46.0 Å². The van der Waals surface area contributed by atoms with Crippen LogP contribution >= 0.6 is 27.5 Å². The molecule has 0 radical (unpaired) electrons. The average Bonchev–Trinajstić information content (AvgIpc) is 2.68. The third-order valence-electron chi connectivity index (χ3n) is 3.62. The van der Waals surface area contributed by atoms with Gasteiger partial charge in [-0.3, -0.25) is 9.59 Å². The Balaban J connectivity index is 1.86. The maximum absolute atomic E-state index is 11.9. The lowest BCUT2D eigenvalue weighted by Gasteiger charge is -2.09. The topological polar surface area (TPSA) is 89.0 Å². The first-order chi connectivity index (χ1) is 13.4. The van der Waals surface area contributed by atoms with Gasteiger partial charge in [0.05, 0.1) is 35.6 Å². The Morgan fingerprint density at radius 2 is 1.79 bits per heavy atom. The number of rotatable bonds is 8. The molecule has 2 aromatic carbocycles. The van der Waals surface area contributed by atoms with Gasteiger partial charge in [-0.25, -0.2) is 5.43 Å². The molecule has 2 amide bonds. The molecular weight excluding hydrogens is 450 g/mol. The Labute approximate surface area is 176 Å². The van der Waals surface area contributed by atoms with Crippen molar-refractivity contribution in [2.75, 3.05) is 19.5 Å². The number of nitrogens with zero attached hydrogens (tertiary/aromatic N) is 1. The lowest BCUT2D eigenvalue weighted by Crippen LogP contribution is -2.20. The average molecular weight is 469 g/mol. The molecule has 0 aliphatic heterocycles. The molecule has 9 heteroatoms. The van der Waals surface area contributed by atoms with Crippen molar-refractivity contribution < 1.29 is 19.1 Å². The van der Waals surface area contributed by atoms with Crippen LogP contribution in [0.2, 0.25) is 5.02 Å². The largest absolute Gasteiger partial charge is 0.496 e. The predicted octanol–water partition coefficient (Wildman–Crippen LogP) is 3.99. The van der Waals surface area contributed by atoms with Gasteiger partial charge in [-0.05, 0) is 34.1 Å². The fourth-order valence-corrected chi connectivity index (χ4v) is 2.92. The molecule has 0 saturated heterocycles. The molecule has 28 heavy (non-hydrogen) atoms. The molecule has 0 atom stereocenters. The summed E-state index contributed by atoms with van der Waals surface area (Å²) in [5.74, 6) is 0.449. The van der Waals surface area contributed by atoms with Gasteiger partial charge in [-0.2, -0.15) is 5.10 Å². The van der Waals surface area contributed by atoms with Crippen LogP contribution in [0.5, 0.6) is 11.5 Å². The highest BCUT2D eigenvalue weighted by Crippen LogP contribution is 2.31. The Bertz CT molecular complexity index is 889. The lowest BCUT2D eigenvalue weighted by atomic mass is 10.2. The van der Waals surface area contributed by atoms with Crippen molar-refractivity contribution in [3.05, 3.63) is 51.5 Å². The predicted molar refractivity (Wildman–Crippen MR) is 112 cm³/mol. The second-order valence-electron chi connectivity index (χ2n) is 5.55. The summed E-state index contributed by atoms with van der Waals surface area (Å²) in [5.41, 5.74) is 3.53. The van der Waals surface area contributed by atoms with E-state index in [0.29, 0.717) is 27.8 Å². The van der Waals surface area contributed by atoms with Crippen LogP contribution in [0.1, 0.15) is 18.4 Å². The van der Waals surface area contributed by atoms with E-state index in [9.17, 15) is 9.59 Å². The van der Waals surface area contributed by atoms with Crippen molar-refractivity contribution in [3.63, 3.8) is 0 Å². The number of hydrogen-bond acceptors (Lipinski definition) is 5. The van der Waals surface area contributed by atoms with Crippen molar-refractivity contribution in [2.24, 2.45) is 5.10 Å². The molecule has 148 valence electrons. The van der Waals surface area contributed by atoms with E-state index in [0.717, 1.165) is 4.47 Å². The number of carbonyl (C=O) groups is 2. The molecule has 0 aliphatic carbocycles. The van der Waals surface area contributed by atoms with Gasteiger partial charge >= 0.3 is 0 Å². The zero-order valence-corrected chi connectivity index (χ0v) is 17.6. The summed E-state index contributed by atoms with van der Waals surface area (Å²) in [6.07, 6.45) is 1.44. The summed E-state index contributed by atoms with van der Waals surface area (Å²) in [7, 11) is 3.08. The number of nitrogens with one attached hydrogen (secondary N) is 2. The molecule has 2 rings (SSSR count). The number of halogens is 2. The molecule has 0 bridgehead atoms. The second kappa shape index (κ2) is 10.7. The van der Waals surface area contributed by atoms with Gasteiger partial charge in [0.15, 0.2) is 0 Å². The molecule has 0 heterocycles. The minimum Gasteiger partial charge on any atom is -0.496 e. The molecule has 2 N–H and O–H groups in total. The minimum absolute atomic E-state index is 0.00395. The summed E-state index contributed by atoms with van der Waals surface area (Å²) < 4.78 is 11.2. The smallest absolute Gasteiger partial charge is 0.240 e. The molecule has 0 unspecified atom stereocenters. The van der Waals surface area contributed by atoms with E-state index in [2.05, 4.69) is 31.8 Å². The molecule has 0 aromatic heterocycles. The van der Waals surface area contributed by atoms with Crippen LogP contribution in [0.3, 0.4) is 0 Å². The third-order valence-corrected chi connectivity index (χ3v) is 4.57. The van der Waals surface area contributed by atoms with Crippen molar-refractivity contribution in [3.8, 4) is 11.5 Å². The molecule has 0 saturated carbocycles. The highest BCUT2D eigenvalue weighted by atomic mass is 79.9. The molecule has 7 nitrogen and oxygen atoms in total. The number of hydrogen-bond donors (Lipinski definition) is 2. The van der Waals surface area contributed by atoms with Gasteiger partial charge in [0.1, 0.15) is 11.5 Å². The second-order valence-corrected chi connectivity index (χ2v) is 6.81. The van der Waals surface area contributed by atoms with Crippen LogP contribution in [-0.4, -0.2) is 32.2 Å². The number of methoxy groups -OCH3 is 2. The maximum atomic E-state index is 11.9. The van der Waals surface area contributed by atoms with Crippen LogP contribution in [0.4, 0.5) is 5.69 Å². The van der Waals surface area contributed by atoms with E-state index >= 15 is 0 Å². The minimum atomic E-state index is -0.392. The van der Waals surface area contributed by atoms with Crippen LogP contribution in [-0.2, 0) is 9.59 Å². The van der Waals surface area contributed by atoms with E-state index in [4.69, 9.17) is 21.1 Å². The van der Waals surface area contributed by atoms with Crippen LogP contribution < -0.4 is 20.2 Å². The number of benzene rings is 2. The summed E-state index contributed by atoms with van der Waals surface area (Å²) >= 11 is 9.36. The number of anilines is 1. The first-order valence-corrected chi connectivity index (χ1v) is 9.39. The van der Waals surface area contributed by atoms with Gasteiger partial charge < -0.3 is 14.8 Å². The van der Waals surface area contributed by atoms with E-state index in [-0.39, 0.29) is 18.7 Å². The van der Waals surface area contributed by atoms with Crippen molar-refractivity contribution in [1.29, 1.82) is 0 Å². The fourth-order valence-electron chi connectivity index (χ4n) is 2.22. The summed E-state index contributed by atoms with van der Waals surface area (Å²) in [6, 6.07) is 10.3. The zero-order valence-electron chi connectivity index (χ0n) is 15.3. The summed E-state index contributed by atoms with van der Waals surface area (Å²) in [5, 5.41) is 7.00. The number of amides is 2. The standard InChI is InChI=1S/C19H19BrClN3O4/c1-27-16-10-17(28-2)13(20)9-12(16)11-22-24-19(26)8-7-18(25)23-15-6-4-3-5-14(15)21/h3-6,9-11H,7-8H2,1-2H3,(H,23,25)(H,24,26). The van der Waals surface area contributed by atoms with Gasteiger partial charge in [-0.1, -0.05) is 23.7 Å². The Kier molecular flexibility index (Phi) is 8.28. The normalized spacial score (nSPS) is 10.6. The van der Waals surface area contributed by atoms with E-state index < -0.39 is 5.91 Å². The number of carbonyl (C=O) groups excluding carboxylic acids is 2. The van der Waals surface area contributed by atoms with Crippen molar-refractivity contribution in [2.45, 2.75) is 12.8 Å².